The van der Waals surface area contributed by atoms with Crippen LogP contribution in [0.2, 0.25) is 0 Å². The summed E-state index contributed by atoms with van der Waals surface area (Å²) in [6.45, 7) is 0. The number of rotatable bonds is 3. The van der Waals surface area contributed by atoms with Gasteiger partial charge in [-0.05, 0) is 29.8 Å². The van der Waals surface area contributed by atoms with Gasteiger partial charge in [-0.25, -0.2) is 0 Å². The first-order valence-corrected chi connectivity index (χ1v) is 7.05. The summed E-state index contributed by atoms with van der Waals surface area (Å²) in [5.74, 6) is -0.646. The molecule has 4 nitrogen and oxygen atoms in total. The molecule has 0 fully saturated rings. The summed E-state index contributed by atoms with van der Waals surface area (Å²) in [6.07, 6.45) is -4.77. The predicted octanol–water partition coefficient (Wildman–Crippen LogP) is 3.97. The van der Waals surface area contributed by atoms with Gasteiger partial charge in [0.15, 0.2) is 0 Å². The van der Waals surface area contributed by atoms with Gasteiger partial charge >= 0.3 is 6.36 Å². The van der Waals surface area contributed by atoms with Gasteiger partial charge in [0.25, 0.3) is 0 Å². The van der Waals surface area contributed by atoms with Crippen molar-refractivity contribution in [3.8, 4) is 17.6 Å². The Balaban J connectivity index is 2.35. The van der Waals surface area contributed by atoms with Crippen LogP contribution in [0.5, 0.6) is 11.5 Å². The van der Waals surface area contributed by atoms with E-state index in [9.17, 15) is 18.3 Å². The lowest BCUT2D eigenvalue weighted by Crippen LogP contribution is -2.17. The number of phenolic OH excluding ortho intramolecular Hbond substituents is 1. The van der Waals surface area contributed by atoms with Crippen LogP contribution in [-0.4, -0.2) is 11.5 Å². The van der Waals surface area contributed by atoms with Gasteiger partial charge in [0, 0.05) is 10.0 Å². The molecule has 2 aromatic rings. The molecule has 0 bridgehead atoms. The molecule has 8 heteroatoms. The number of halogens is 4. The van der Waals surface area contributed by atoms with Gasteiger partial charge in [0.2, 0.25) is 0 Å². The van der Waals surface area contributed by atoms with Crippen molar-refractivity contribution in [3.63, 3.8) is 0 Å². The molecule has 0 aromatic heterocycles. The quantitative estimate of drug-likeness (QED) is 0.836. The maximum absolute atomic E-state index is 12.1. The van der Waals surface area contributed by atoms with Gasteiger partial charge in [0.05, 0.1) is 11.6 Å². The molecule has 0 spiro atoms. The second-order valence-corrected chi connectivity index (χ2v) is 5.42. The lowest BCUT2D eigenvalue weighted by molar-refractivity contribution is -0.274. The molecule has 0 aliphatic heterocycles. The van der Waals surface area contributed by atoms with E-state index in [-0.39, 0.29) is 22.6 Å². The van der Waals surface area contributed by atoms with Crippen molar-refractivity contribution in [3.05, 3.63) is 57.6 Å². The number of nitrogens with two attached hydrogens (primary N) is 1. The number of alkyl halides is 3. The Morgan fingerprint density at radius 2 is 1.78 bits per heavy atom. The maximum atomic E-state index is 12.1. The number of nitrogens with zero attached hydrogens (tertiary/aromatic N) is 1. The van der Waals surface area contributed by atoms with Crippen LogP contribution in [0.25, 0.3) is 0 Å². The van der Waals surface area contributed by atoms with Crippen LogP contribution in [-0.2, 0) is 0 Å². The number of nitriles is 1. The largest absolute Gasteiger partial charge is 0.573 e. The van der Waals surface area contributed by atoms with E-state index in [1.807, 2.05) is 6.07 Å². The Morgan fingerprint density at radius 3 is 2.30 bits per heavy atom. The maximum Gasteiger partial charge on any atom is 0.573 e. The zero-order valence-corrected chi connectivity index (χ0v) is 13.0. The summed E-state index contributed by atoms with van der Waals surface area (Å²) in [7, 11) is 0. The average Bonchev–Trinajstić information content (AvgIpc) is 2.46. The molecular weight excluding hydrogens is 377 g/mol. The summed E-state index contributed by atoms with van der Waals surface area (Å²) in [5.41, 5.74) is 6.83. The van der Waals surface area contributed by atoms with E-state index in [2.05, 4.69) is 20.7 Å². The van der Waals surface area contributed by atoms with Gasteiger partial charge in [-0.15, -0.1) is 13.2 Å². The highest BCUT2D eigenvalue weighted by atomic mass is 79.9. The molecule has 0 radical (unpaired) electrons. The minimum atomic E-state index is -4.77. The molecular formula is C15H10BrF3N2O2. The lowest BCUT2D eigenvalue weighted by Gasteiger charge is -2.17. The van der Waals surface area contributed by atoms with Gasteiger partial charge in [0.1, 0.15) is 17.6 Å². The van der Waals surface area contributed by atoms with Crippen molar-refractivity contribution in [1.82, 2.24) is 0 Å². The predicted molar refractivity (Wildman–Crippen MR) is 79.7 cm³/mol. The molecule has 2 aromatic carbocycles. The van der Waals surface area contributed by atoms with E-state index in [1.54, 1.807) is 6.07 Å². The summed E-state index contributed by atoms with van der Waals surface area (Å²) in [5, 5.41) is 19.0. The highest BCUT2D eigenvalue weighted by molar-refractivity contribution is 9.10. The average molecular weight is 387 g/mol. The topological polar surface area (TPSA) is 79.3 Å². The highest BCUT2D eigenvalue weighted by Crippen LogP contribution is 2.36. The molecule has 0 aliphatic carbocycles. The normalized spacial score (nSPS) is 12.5. The first-order valence-electron chi connectivity index (χ1n) is 6.25. The first-order chi connectivity index (χ1) is 10.7. The summed E-state index contributed by atoms with van der Waals surface area (Å²) >= 11 is 3.24. The van der Waals surface area contributed by atoms with Crippen molar-refractivity contribution in [2.24, 2.45) is 5.73 Å². The lowest BCUT2D eigenvalue weighted by atomic mass is 9.97. The molecule has 1 atom stereocenters. The molecule has 0 saturated carbocycles. The molecule has 3 N–H and O–H groups in total. The second-order valence-electron chi connectivity index (χ2n) is 4.56. The van der Waals surface area contributed by atoms with Gasteiger partial charge in [-0.3, -0.25) is 0 Å². The molecule has 2 rings (SSSR count). The van der Waals surface area contributed by atoms with Crippen LogP contribution in [0.1, 0.15) is 22.7 Å². The number of phenols is 1. The molecule has 0 amide bonds. The third kappa shape index (κ3) is 3.94. The Bertz CT molecular complexity index is 755. The van der Waals surface area contributed by atoms with Crippen molar-refractivity contribution in [2.45, 2.75) is 12.4 Å². The monoisotopic (exact) mass is 386 g/mol. The van der Waals surface area contributed by atoms with E-state index < -0.39 is 12.4 Å². The third-order valence-corrected chi connectivity index (χ3v) is 3.76. The Morgan fingerprint density at radius 1 is 1.17 bits per heavy atom. The third-order valence-electron chi connectivity index (χ3n) is 3.07. The Hall–Kier alpha value is -2.24. The number of hydrogen-bond acceptors (Lipinski definition) is 4. The summed E-state index contributed by atoms with van der Waals surface area (Å²) < 4.78 is 40.7. The summed E-state index contributed by atoms with van der Waals surface area (Å²) in [6, 6.07) is 8.96. The second kappa shape index (κ2) is 6.48. The smallest absolute Gasteiger partial charge is 0.506 e. The van der Waals surface area contributed by atoms with Gasteiger partial charge in [-0.2, -0.15) is 5.26 Å². The molecule has 23 heavy (non-hydrogen) atoms. The standard InChI is InChI=1S/C15H10BrF3N2O2/c16-11-6-3-9(7-20)14(22)12(11)13(21)8-1-4-10(5-2-8)23-15(17,18)19/h1-6,13,22H,21H2/t13-/m1/s1. The van der Waals surface area contributed by atoms with Crippen molar-refractivity contribution >= 4 is 15.9 Å². The van der Waals surface area contributed by atoms with Crippen LogP contribution in [0.4, 0.5) is 13.2 Å². The van der Waals surface area contributed by atoms with Crippen molar-refractivity contribution < 1.29 is 23.0 Å². The van der Waals surface area contributed by atoms with E-state index >= 15 is 0 Å². The van der Waals surface area contributed by atoms with E-state index in [0.717, 1.165) is 12.1 Å². The van der Waals surface area contributed by atoms with E-state index in [1.165, 1.54) is 18.2 Å². The fraction of sp³-hybridized carbons (Fsp3) is 0.133. The molecule has 0 saturated heterocycles. The number of ether oxygens (including phenoxy) is 1. The number of aromatic hydroxyl groups is 1. The Kier molecular flexibility index (Phi) is 4.82. The van der Waals surface area contributed by atoms with Crippen LogP contribution in [0.3, 0.4) is 0 Å². The Labute approximate surface area is 138 Å². The zero-order valence-electron chi connectivity index (χ0n) is 11.4. The summed E-state index contributed by atoms with van der Waals surface area (Å²) in [4.78, 5) is 0. The fourth-order valence-corrected chi connectivity index (χ4v) is 2.58. The minimum absolute atomic E-state index is 0.0516. The SMILES string of the molecule is N#Cc1ccc(Br)c([C@H](N)c2ccc(OC(F)(F)F)cc2)c1O. The van der Waals surface area contributed by atoms with Crippen LogP contribution < -0.4 is 10.5 Å². The van der Waals surface area contributed by atoms with Crippen molar-refractivity contribution in [2.75, 3.05) is 0 Å². The van der Waals surface area contributed by atoms with E-state index in [0.29, 0.717) is 10.0 Å². The number of benzene rings is 2. The fourth-order valence-electron chi connectivity index (χ4n) is 2.01. The van der Waals surface area contributed by atoms with Gasteiger partial charge < -0.3 is 15.6 Å². The highest BCUT2D eigenvalue weighted by Gasteiger charge is 2.31. The van der Waals surface area contributed by atoms with Crippen LogP contribution in [0, 0.1) is 11.3 Å². The molecule has 120 valence electrons. The minimum Gasteiger partial charge on any atom is -0.506 e. The molecule has 0 unspecified atom stereocenters. The van der Waals surface area contributed by atoms with Crippen molar-refractivity contribution in [1.29, 1.82) is 5.26 Å². The van der Waals surface area contributed by atoms with Gasteiger partial charge in [-0.1, -0.05) is 28.1 Å². The van der Waals surface area contributed by atoms with E-state index in [4.69, 9.17) is 11.0 Å². The van der Waals surface area contributed by atoms with Crippen LogP contribution >= 0.6 is 15.9 Å². The van der Waals surface area contributed by atoms with Crippen LogP contribution in [0.15, 0.2) is 40.9 Å². The number of hydrogen-bond donors (Lipinski definition) is 2. The molecule has 0 heterocycles. The molecule has 0 aliphatic rings. The zero-order chi connectivity index (χ0) is 17.2. The first kappa shape index (κ1) is 17.1.